The molecule has 1 aliphatic rings. The molecule has 1 saturated heterocycles. The van der Waals surface area contributed by atoms with Gasteiger partial charge < -0.3 is 9.80 Å². The summed E-state index contributed by atoms with van der Waals surface area (Å²) in [5.74, 6) is 0.887. The largest absolute Gasteiger partial charge is 0.353 e. The Bertz CT molecular complexity index is 968. The zero-order valence-corrected chi connectivity index (χ0v) is 15.5. The number of hydrogen-bond donors (Lipinski definition) is 0. The van der Waals surface area contributed by atoms with Crippen molar-refractivity contribution in [2.75, 3.05) is 31.1 Å². The molecule has 1 fully saturated rings. The minimum Gasteiger partial charge on any atom is -0.353 e. The van der Waals surface area contributed by atoms with E-state index in [0.717, 1.165) is 29.8 Å². The van der Waals surface area contributed by atoms with E-state index in [1.54, 1.807) is 18.2 Å². The number of para-hydroxylation sites is 1. The molecular weight excluding hydrogens is 369 g/mol. The van der Waals surface area contributed by atoms with Crippen molar-refractivity contribution < 1.29 is 4.79 Å². The minimum absolute atomic E-state index is 0.0576. The van der Waals surface area contributed by atoms with Crippen molar-refractivity contribution in [1.82, 2.24) is 9.88 Å². The van der Waals surface area contributed by atoms with Gasteiger partial charge in [-0.05, 0) is 36.4 Å². The molecule has 1 aliphatic heterocycles. The van der Waals surface area contributed by atoms with Gasteiger partial charge in [-0.2, -0.15) is 0 Å². The highest BCUT2D eigenvalue weighted by atomic mass is 35.5. The number of benzene rings is 2. The second-order valence-corrected chi connectivity index (χ2v) is 7.11. The molecule has 6 heteroatoms. The number of hydrogen-bond acceptors (Lipinski definition) is 3. The predicted molar refractivity (Wildman–Crippen MR) is 106 cm³/mol. The molecule has 4 nitrogen and oxygen atoms in total. The molecule has 0 radical (unpaired) electrons. The lowest BCUT2D eigenvalue weighted by Gasteiger charge is -2.35. The Morgan fingerprint density at radius 3 is 2.46 bits per heavy atom. The van der Waals surface area contributed by atoms with E-state index in [1.807, 2.05) is 29.2 Å². The maximum absolute atomic E-state index is 12.7. The van der Waals surface area contributed by atoms with Crippen molar-refractivity contribution in [1.29, 1.82) is 0 Å². The van der Waals surface area contributed by atoms with Crippen LogP contribution in [0, 0.1) is 0 Å². The van der Waals surface area contributed by atoms with Crippen LogP contribution in [0.5, 0.6) is 0 Å². The topological polar surface area (TPSA) is 36.4 Å². The first-order valence-electron chi connectivity index (χ1n) is 8.47. The molecule has 26 heavy (non-hydrogen) atoms. The molecule has 1 aromatic heterocycles. The molecule has 0 bridgehead atoms. The fraction of sp³-hybridized carbons (Fsp3) is 0.200. The fourth-order valence-corrected chi connectivity index (χ4v) is 3.69. The van der Waals surface area contributed by atoms with E-state index in [4.69, 9.17) is 28.2 Å². The van der Waals surface area contributed by atoms with Crippen molar-refractivity contribution in [3.8, 4) is 0 Å². The van der Waals surface area contributed by atoms with Crippen LogP contribution >= 0.6 is 23.2 Å². The van der Waals surface area contributed by atoms with Crippen molar-refractivity contribution in [2.24, 2.45) is 0 Å². The number of fused-ring (bicyclic) bond motifs is 1. The lowest BCUT2D eigenvalue weighted by molar-refractivity contribution is 0.0746. The quantitative estimate of drug-likeness (QED) is 0.651. The Kier molecular flexibility index (Phi) is 4.70. The summed E-state index contributed by atoms with van der Waals surface area (Å²) >= 11 is 12.1. The average Bonchev–Trinajstić information content (AvgIpc) is 2.67. The fourth-order valence-electron chi connectivity index (χ4n) is 3.20. The lowest BCUT2D eigenvalue weighted by Crippen LogP contribution is -2.49. The van der Waals surface area contributed by atoms with E-state index in [-0.39, 0.29) is 5.91 Å². The molecule has 4 rings (SSSR count). The third-order valence-electron chi connectivity index (χ3n) is 4.64. The van der Waals surface area contributed by atoms with Crippen molar-refractivity contribution in [3.63, 3.8) is 0 Å². The number of carbonyl (C=O) groups is 1. The van der Waals surface area contributed by atoms with Crippen molar-refractivity contribution in [3.05, 3.63) is 70.2 Å². The number of piperazine rings is 1. The van der Waals surface area contributed by atoms with Crippen LogP contribution in [0.4, 0.5) is 5.82 Å². The number of halogens is 2. The Morgan fingerprint density at radius 2 is 1.69 bits per heavy atom. The molecular formula is C20H17Cl2N3O. The third kappa shape index (κ3) is 3.35. The van der Waals surface area contributed by atoms with Crippen LogP contribution in [-0.4, -0.2) is 42.0 Å². The Labute approximate surface area is 161 Å². The van der Waals surface area contributed by atoms with E-state index in [0.29, 0.717) is 28.7 Å². The van der Waals surface area contributed by atoms with Crippen LogP contribution in [-0.2, 0) is 0 Å². The van der Waals surface area contributed by atoms with Crippen LogP contribution in [0.3, 0.4) is 0 Å². The van der Waals surface area contributed by atoms with Crippen LogP contribution in [0.1, 0.15) is 10.4 Å². The van der Waals surface area contributed by atoms with Gasteiger partial charge in [0, 0.05) is 36.6 Å². The summed E-state index contributed by atoms with van der Waals surface area (Å²) in [5, 5.41) is 2.04. The van der Waals surface area contributed by atoms with E-state index in [1.165, 1.54) is 0 Å². The molecule has 0 N–H and O–H groups in total. The maximum atomic E-state index is 12.7. The summed E-state index contributed by atoms with van der Waals surface area (Å²) in [6, 6.07) is 17.2. The van der Waals surface area contributed by atoms with Gasteiger partial charge in [0.2, 0.25) is 0 Å². The molecule has 0 spiro atoms. The van der Waals surface area contributed by atoms with Gasteiger partial charge in [-0.1, -0.05) is 41.4 Å². The molecule has 3 aromatic rings. The highest BCUT2D eigenvalue weighted by Crippen LogP contribution is 2.24. The SMILES string of the molecule is O=C(c1ccc(Cl)cc1Cl)N1CCN(c2ccc3ccccc3n2)CC1. The Hall–Kier alpha value is -2.30. The van der Waals surface area contributed by atoms with Crippen LogP contribution in [0.25, 0.3) is 10.9 Å². The molecule has 1 amide bonds. The zero-order chi connectivity index (χ0) is 18.1. The summed E-state index contributed by atoms with van der Waals surface area (Å²) in [4.78, 5) is 21.5. The summed E-state index contributed by atoms with van der Waals surface area (Å²) < 4.78 is 0. The number of amides is 1. The first kappa shape index (κ1) is 17.1. The summed E-state index contributed by atoms with van der Waals surface area (Å²) in [5.41, 5.74) is 1.48. The number of carbonyl (C=O) groups excluding carboxylic acids is 1. The predicted octanol–water partition coefficient (Wildman–Crippen LogP) is 4.50. The second-order valence-electron chi connectivity index (χ2n) is 6.27. The number of rotatable bonds is 2. The smallest absolute Gasteiger partial charge is 0.255 e. The van der Waals surface area contributed by atoms with Gasteiger partial charge in [0.05, 0.1) is 16.1 Å². The molecule has 0 saturated carbocycles. The number of nitrogens with zero attached hydrogens (tertiary/aromatic N) is 3. The first-order valence-corrected chi connectivity index (χ1v) is 9.22. The van der Waals surface area contributed by atoms with E-state index in [9.17, 15) is 4.79 Å². The lowest BCUT2D eigenvalue weighted by atomic mass is 10.1. The second kappa shape index (κ2) is 7.14. The van der Waals surface area contributed by atoms with Crippen LogP contribution in [0.2, 0.25) is 10.0 Å². The molecule has 0 unspecified atom stereocenters. The first-order chi connectivity index (χ1) is 12.6. The Balaban J connectivity index is 1.47. The molecule has 0 atom stereocenters. The Morgan fingerprint density at radius 1 is 0.923 bits per heavy atom. The van der Waals surface area contributed by atoms with Gasteiger partial charge in [-0.3, -0.25) is 4.79 Å². The van der Waals surface area contributed by atoms with E-state index >= 15 is 0 Å². The maximum Gasteiger partial charge on any atom is 0.255 e. The van der Waals surface area contributed by atoms with Gasteiger partial charge in [0.1, 0.15) is 5.82 Å². The van der Waals surface area contributed by atoms with Crippen molar-refractivity contribution in [2.45, 2.75) is 0 Å². The van der Waals surface area contributed by atoms with Gasteiger partial charge in [-0.15, -0.1) is 0 Å². The van der Waals surface area contributed by atoms with Crippen LogP contribution < -0.4 is 4.90 Å². The number of pyridine rings is 1. The molecule has 0 aliphatic carbocycles. The molecule has 132 valence electrons. The number of anilines is 1. The monoisotopic (exact) mass is 385 g/mol. The summed E-state index contributed by atoms with van der Waals surface area (Å²) in [6.45, 7) is 2.74. The van der Waals surface area contributed by atoms with Gasteiger partial charge in [0.15, 0.2) is 0 Å². The standard InChI is InChI=1S/C20H17Cl2N3O/c21-15-6-7-16(17(22)13-15)20(26)25-11-9-24(10-12-25)19-8-5-14-3-1-2-4-18(14)23-19/h1-8,13H,9-12H2. The average molecular weight is 386 g/mol. The van der Waals surface area contributed by atoms with Crippen LogP contribution in [0.15, 0.2) is 54.6 Å². The van der Waals surface area contributed by atoms with Gasteiger partial charge in [-0.25, -0.2) is 4.98 Å². The molecule has 2 heterocycles. The third-order valence-corrected chi connectivity index (χ3v) is 5.18. The summed E-state index contributed by atoms with van der Waals surface area (Å²) in [7, 11) is 0. The minimum atomic E-state index is -0.0576. The van der Waals surface area contributed by atoms with Gasteiger partial charge in [0.25, 0.3) is 5.91 Å². The summed E-state index contributed by atoms with van der Waals surface area (Å²) in [6.07, 6.45) is 0. The normalized spacial score (nSPS) is 14.7. The highest BCUT2D eigenvalue weighted by molar-refractivity contribution is 6.36. The zero-order valence-electron chi connectivity index (χ0n) is 14.0. The molecule has 2 aromatic carbocycles. The highest BCUT2D eigenvalue weighted by Gasteiger charge is 2.24. The van der Waals surface area contributed by atoms with Crippen molar-refractivity contribution >= 4 is 45.8 Å². The van der Waals surface area contributed by atoms with Gasteiger partial charge >= 0.3 is 0 Å². The van der Waals surface area contributed by atoms with E-state index in [2.05, 4.69) is 17.0 Å². The number of aromatic nitrogens is 1. The van der Waals surface area contributed by atoms with E-state index < -0.39 is 0 Å².